The average Bonchev–Trinajstić information content (AvgIpc) is 2.57. The van der Waals surface area contributed by atoms with Crippen LogP contribution in [0.25, 0.3) is 0 Å². The van der Waals surface area contributed by atoms with Crippen molar-refractivity contribution in [1.82, 2.24) is 10.2 Å². The first-order valence-electron chi connectivity index (χ1n) is 8.48. The van der Waals surface area contributed by atoms with Crippen LogP contribution >= 0.6 is 11.6 Å². The number of halogens is 1. The first kappa shape index (κ1) is 18.7. The highest BCUT2D eigenvalue weighted by atomic mass is 35.5. The van der Waals surface area contributed by atoms with Crippen LogP contribution in [-0.4, -0.2) is 49.6 Å². The third kappa shape index (κ3) is 6.13. The molecule has 0 unspecified atom stereocenters. The van der Waals surface area contributed by atoms with Crippen LogP contribution in [0.3, 0.4) is 0 Å². The Morgan fingerprint density at radius 1 is 1.25 bits per heavy atom. The maximum atomic E-state index is 12.0. The van der Waals surface area contributed by atoms with Gasteiger partial charge < -0.3 is 10.1 Å². The molecule has 1 fully saturated rings. The van der Waals surface area contributed by atoms with Gasteiger partial charge in [-0.3, -0.25) is 14.5 Å². The number of nitrogens with one attached hydrogen (secondary N) is 1. The van der Waals surface area contributed by atoms with Gasteiger partial charge in [0.2, 0.25) is 5.91 Å². The first-order valence-corrected chi connectivity index (χ1v) is 8.86. The van der Waals surface area contributed by atoms with E-state index in [2.05, 4.69) is 10.2 Å². The summed E-state index contributed by atoms with van der Waals surface area (Å²) in [5.41, 5.74) is 1.15. The van der Waals surface area contributed by atoms with Gasteiger partial charge in [0, 0.05) is 11.6 Å². The van der Waals surface area contributed by atoms with Gasteiger partial charge in [0.25, 0.3) is 0 Å². The molecule has 0 atom stereocenters. The quantitative estimate of drug-likeness (QED) is 0.765. The largest absolute Gasteiger partial charge is 0.466 e. The number of ether oxygens (including phenoxy) is 1. The minimum Gasteiger partial charge on any atom is -0.466 e. The smallest absolute Gasteiger partial charge is 0.309 e. The van der Waals surface area contributed by atoms with Gasteiger partial charge in [-0.1, -0.05) is 23.7 Å². The van der Waals surface area contributed by atoms with Gasteiger partial charge in [0.1, 0.15) is 0 Å². The summed E-state index contributed by atoms with van der Waals surface area (Å²) in [7, 11) is 0. The van der Waals surface area contributed by atoms with Gasteiger partial charge in [-0.2, -0.15) is 0 Å². The summed E-state index contributed by atoms with van der Waals surface area (Å²) in [4.78, 5) is 25.8. The molecule has 0 aromatic heterocycles. The van der Waals surface area contributed by atoms with Gasteiger partial charge in [-0.15, -0.1) is 0 Å². The van der Waals surface area contributed by atoms with E-state index in [0.29, 0.717) is 24.7 Å². The van der Waals surface area contributed by atoms with E-state index in [1.54, 1.807) is 0 Å². The number of carbonyl (C=O) groups is 2. The molecule has 1 heterocycles. The molecule has 0 radical (unpaired) electrons. The van der Waals surface area contributed by atoms with Gasteiger partial charge in [0.05, 0.1) is 19.1 Å². The van der Waals surface area contributed by atoms with Crippen molar-refractivity contribution in [2.24, 2.45) is 5.92 Å². The zero-order valence-corrected chi connectivity index (χ0v) is 14.8. The van der Waals surface area contributed by atoms with Crippen LogP contribution in [-0.2, 0) is 20.7 Å². The second kappa shape index (κ2) is 9.64. The van der Waals surface area contributed by atoms with Crippen molar-refractivity contribution in [2.75, 3.05) is 32.8 Å². The molecule has 2 rings (SSSR count). The average molecular weight is 353 g/mol. The van der Waals surface area contributed by atoms with Crippen molar-refractivity contribution in [1.29, 1.82) is 0 Å². The molecule has 5 nitrogen and oxygen atoms in total. The Balaban J connectivity index is 1.63. The van der Waals surface area contributed by atoms with E-state index in [-0.39, 0.29) is 17.8 Å². The zero-order chi connectivity index (χ0) is 17.4. The van der Waals surface area contributed by atoms with Gasteiger partial charge in [-0.05, 0) is 57.0 Å². The molecule has 0 bridgehead atoms. The number of amides is 1. The number of rotatable bonds is 7. The predicted molar refractivity (Wildman–Crippen MR) is 94.0 cm³/mol. The summed E-state index contributed by atoms with van der Waals surface area (Å²) in [6.45, 7) is 4.76. The molecule has 1 aromatic carbocycles. The van der Waals surface area contributed by atoms with E-state index in [1.165, 1.54) is 0 Å². The number of likely N-dealkylation sites (tertiary alicyclic amines) is 1. The molecule has 1 aliphatic heterocycles. The van der Waals surface area contributed by atoms with Crippen molar-refractivity contribution >= 4 is 23.5 Å². The minimum absolute atomic E-state index is 0.0193. The fourth-order valence-corrected chi connectivity index (χ4v) is 2.97. The van der Waals surface area contributed by atoms with Crippen LogP contribution in [0.5, 0.6) is 0 Å². The molecule has 1 N–H and O–H groups in total. The Hall–Kier alpha value is -1.59. The van der Waals surface area contributed by atoms with Crippen LogP contribution in [0, 0.1) is 5.92 Å². The molecule has 24 heavy (non-hydrogen) atoms. The topological polar surface area (TPSA) is 58.6 Å². The normalized spacial score (nSPS) is 15.9. The van der Waals surface area contributed by atoms with E-state index in [9.17, 15) is 9.59 Å². The van der Waals surface area contributed by atoms with Gasteiger partial charge in [-0.25, -0.2) is 0 Å². The monoisotopic (exact) mass is 352 g/mol. The van der Waals surface area contributed by atoms with E-state index in [4.69, 9.17) is 16.3 Å². The molecular formula is C18H25ClN2O3. The van der Waals surface area contributed by atoms with Crippen LogP contribution in [0.1, 0.15) is 25.3 Å². The van der Waals surface area contributed by atoms with Crippen molar-refractivity contribution in [3.63, 3.8) is 0 Å². The van der Waals surface area contributed by atoms with Crippen LogP contribution in [0.4, 0.5) is 0 Å². The van der Waals surface area contributed by atoms with Crippen molar-refractivity contribution in [3.8, 4) is 0 Å². The molecule has 6 heteroatoms. The second-order valence-corrected chi connectivity index (χ2v) is 6.47. The number of benzene rings is 1. The summed E-state index contributed by atoms with van der Waals surface area (Å²) < 4.78 is 5.06. The Kier molecular flexibility index (Phi) is 7.53. The maximum absolute atomic E-state index is 12.0. The molecular weight excluding hydrogens is 328 g/mol. The number of esters is 1. The molecule has 132 valence electrons. The lowest BCUT2D eigenvalue weighted by atomic mass is 9.97. The van der Waals surface area contributed by atoms with E-state index in [0.717, 1.165) is 37.9 Å². The fourth-order valence-electron chi connectivity index (χ4n) is 2.84. The lowest BCUT2D eigenvalue weighted by molar-refractivity contribution is -0.149. The Morgan fingerprint density at radius 2 is 1.92 bits per heavy atom. The third-order valence-corrected chi connectivity index (χ3v) is 4.48. The number of piperidine rings is 1. The second-order valence-electron chi connectivity index (χ2n) is 6.03. The Labute approximate surface area is 148 Å². The Morgan fingerprint density at radius 3 is 2.54 bits per heavy atom. The van der Waals surface area contributed by atoms with Gasteiger partial charge >= 0.3 is 5.97 Å². The molecule has 0 spiro atoms. The van der Waals surface area contributed by atoms with Crippen molar-refractivity contribution in [3.05, 3.63) is 34.9 Å². The van der Waals surface area contributed by atoms with E-state index in [1.807, 2.05) is 31.2 Å². The standard InChI is InChI=1S/C18H25ClN2O3/c1-2-24-18(23)15-8-11-21(12-9-15)13-17(22)20-10-7-14-3-5-16(19)6-4-14/h3-6,15H,2,7-13H2,1H3,(H,20,22). The summed E-state index contributed by atoms with van der Waals surface area (Å²) in [6.07, 6.45) is 2.31. The molecule has 0 aliphatic carbocycles. The number of carbonyl (C=O) groups excluding carboxylic acids is 2. The highest BCUT2D eigenvalue weighted by Gasteiger charge is 2.26. The lowest BCUT2D eigenvalue weighted by Gasteiger charge is -2.30. The van der Waals surface area contributed by atoms with E-state index < -0.39 is 0 Å². The van der Waals surface area contributed by atoms with Crippen molar-refractivity contribution < 1.29 is 14.3 Å². The Bertz CT molecular complexity index is 540. The zero-order valence-electron chi connectivity index (χ0n) is 14.1. The number of hydrogen-bond donors (Lipinski definition) is 1. The maximum Gasteiger partial charge on any atom is 0.309 e. The summed E-state index contributed by atoms with van der Waals surface area (Å²) in [5.74, 6) is -0.0997. The highest BCUT2D eigenvalue weighted by molar-refractivity contribution is 6.30. The minimum atomic E-state index is -0.107. The summed E-state index contributed by atoms with van der Waals surface area (Å²) >= 11 is 5.85. The molecule has 0 saturated carbocycles. The molecule has 1 aliphatic rings. The van der Waals surface area contributed by atoms with E-state index >= 15 is 0 Å². The van der Waals surface area contributed by atoms with Crippen LogP contribution < -0.4 is 5.32 Å². The van der Waals surface area contributed by atoms with Crippen molar-refractivity contribution in [2.45, 2.75) is 26.2 Å². The van der Waals surface area contributed by atoms with Crippen LogP contribution in [0.15, 0.2) is 24.3 Å². The molecule has 1 saturated heterocycles. The highest BCUT2D eigenvalue weighted by Crippen LogP contribution is 2.18. The molecule has 1 amide bonds. The summed E-state index contributed by atoms with van der Waals surface area (Å²) in [6, 6.07) is 7.64. The SMILES string of the molecule is CCOC(=O)C1CCN(CC(=O)NCCc2ccc(Cl)cc2)CC1. The third-order valence-electron chi connectivity index (χ3n) is 4.22. The number of hydrogen-bond acceptors (Lipinski definition) is 4. The fraction of sp³-hybridized carbons (Fsp3) is 0.556. The van der Waals surface area contributed by atoms with Gasteiger partial charge in [0.15, 0.2) is 0 Å². The van der Waals surface area contributed by atoms with Crippen LogP contribution in [0.2, 0.25) is 5.02 Å². The predicted octanol–water partition coefficient (Wildman–Crippen LogP) is 2.27. The first-order chi connectivity index (χ1) is 11.6. The number of nitrogens with zero attached hydrogens (tertiary/aromatic N) is 1. The lowest BCUT2D eigenvalue weighted by Crippen LogP contribution is -2.43. The molecule has 1 aromatic rings. The summed E-state index contributed by atoms with van der Waals surface area (Å²) in [5, 5.41) is 3.66.